The standard InChI is InChI=1S/C44H55N7O3S/c1-26(2)51-39-16-33(15-35(36(39)23-47-51)42(53)46-22-37-40(55-4)11-27(3)48-43(37)54)32-5-6-38(45-21-32)31-7-9-49(10-8-31)34-24-50(25-34)41(52)20-44-17-28-12-29(18-44)14-30(13-28)19-44/h5-6,11,15-16,21,23,26,28-31,34H,7-10,12-14,17-20,22,24-25H2,1-4H3,(H,46,53)(H,48,54). The Bertz CT molecular complexity index is 2120. The van der Waals surface area contributed by atoms with E-state index in [-0.39, 0.29) is 24.1 Å². The number of thioether (sulfide) groups is 1. The van der Waals surface area contributed by atoms with Crippen molar-refractivity contribution in [1.82, 2.24) is 34.9 Å². The van der Waals surface area contributed by atoms with Gasteiger partial charge in [0.2, 0.25) is 5.91 Å². The Morgan fingerprint density at radius 2 is 1.69 bits per heavy atom. The van der Waals surface area contributed by atoms with E-state index in [1.807, 2.05) is 36.2 Å². The number of rotatable bonds is 10. The maximum atomic E-state index is 13.8. The summed E-state index contributed by atoms with van der Waals surface area (Å²) in [6.07, 6.45) is 16.8. The van der Waals surface area contributed by atoms with Crippen molar-refractivity contribution in [2.45, 2.75) is 108 Å². The van der Waals surface area contributed by atoms with Gasteiger partial charge in [-0.1, -0.05) is 6.07 Å². The van der Waals surface area contributed by atoms with Crippen molar-refractivity contribution in [3.05, 3.63) is 75.6 Å². The number of H-pyrrole nitrogens is 1. The van der Waals surface area contributed by atoms with Crippen molar-refractivity contribution in [1.29, 1.82) is 0 Å². The second-order valence-corrected chi connectivity index (χ2v) is 18.8. The number of pyridine rings is 2. The highest BCUT2D eigenvalue weighted by Crippen LogP contribution is 2.61. The van der Waals surface area contributed by atoms with E-state index < -0.39 is 0 Å². The maximum Gasteiger partial charge on any atom is 0.254 e. The van der Waals surface area contributed by atoms with Crippen LogP contribution < -0.4 is 10.9 Å². The smallest absolute Gasteiger partial charge is 0.254 e. The first-order chi connectivity index (χ1) is 26.5. The first kappa shape index (κ1) is 36.7. The van der Waals surface area contributed by atoms with Gasteiger partial charge >= 0.3 is 0 Å². The van der Waals surface area contributed by atoms with Crippen molar-refractivity contribution in [2.24, 2.45) is 23.2 Å². The zero-order chi connectivity index (χ0) is 38.0. The van der Waals surface area contributed by atoms with Gasteiger partial charge in [-0.05, 0) is 144 Å². The van der Waals surface area contributed by atoms with Gasteiger partial charge in [0, 0.05) is 83.0 Å². The molecule has 6 aliphatic rings. The Hall–Kier alpha value is -3.96. The van der Waals surface area contributed by atoms with Crippen molar-refractivity contribution >= 4 is 34.5 Å². The van der Waals surface area contributed by atoms with Crippen LogP contribution in [0.4, 0.5) is 0 Å². The van der Waals surface area contributed by atoms with Gasteiger partial charge in [0.1, 0.15) is 0 Å². The summed E-state index contributed by atoms with van der Waals surface area (Å²) in [7, 11) is 0. The predicted molar refractivity (Wildman–Crippen MR) is 217 cm³/mol. The number of amides is 2. The number of aromatic nitrogens is 4. The fraction of sp³-hybridized carbons (Fsp3) is 0.568. The monoisotopic (exact) mass is 761 g/mol. The van der Waals surface area contributed by atoms with E-state index in [1.54, 1.807) is 6.20 Å². The summed E-state index contributed by atoms with van der Waals surface area (Å²) < 4.78 is 1.95. The summed E-state index contributed by atoms with van der Waals surface area (Å²) >= 11 is 1.50. The summed E-state index contributed by atoms with van der Waals surface area (Å²) in [6, 6.07) is 10.8. The fourth-order valence-electron chi connectivity index (χ4n) is 11.4. The Balaban J connectivity index is 0.834. The molecule has 4 aromatic rings. The summed E-state index contributed by atoms with van der Waals surface area (Å²) in [5.41, 5.74) is 5.85. The predicted octanol–water partition coefficient (Wildman–Crippen LogP) is 7.32. The number of nitrogens with zero attached hydrogens (tertiary/aromatic N) is 5. The van der Waals surface area contributed by atoms with Crippen molar-refractivity contribution in [3.63, 3.8) is 0 Å². The third-order valence-electron chi connectivity index (χ3n) is 13.8. The highest BCUT2D eigenvalue weighted by molar-refractivity contribution is 7.98. The van der Waals surface area contributed by atoms with Crippen LogP contribution in [0.3, 0.4) is 0 Å². The minimum atomic E-state index is -0.250. The lowest BCUT2D eigenvalue weighted by atomic mass is 9.49. The third kappa shape index (κ3) is 7.04. The van der Waals surface area contributed by atoms with E-state index >= 15 is 0 Å². The molecule has 0 spiro atoms. The van der Waals surface area contributed by atoms with E-state index in [0.29, 0.717) is 34.4 Å². The van der Waals surface area contributed by atoms with Crippen LogP contribution in [0.15, 0.2) is 52.4 Å². The summed E-state index contributed by atoms with van der Waals surface area (Å²) in [4.78, 5) is 53.5. The molecule has 55 heavy (non-hydrogen) atoms. The number of hydrogen-bond donors (Lipinski definition) is 2. The van der Waals surface area contributed by atoms with Gasteiger partial charge in [0.25, 0.3) is 11.5 Å². The number of carbonyl (C=O) groups is 2. The minimum absolute atomic E-state index is 0.111. The van der Waals surface area contributed by atoms with Gasteiger partial charge in [0.05, 0.1) is 17.3 Å². The summed E-state index contributed by atoms with van der Waals surface area (Å²) in [5.74, 6) is 3.25. The molecule has 11 heteroatoms. The number of aryl methyl sites for hydroxylation is 1. The van der Waals surface area contributed by atoms with E-state index in [2.05, 4.69) is 57.2 Å². The number of likely N-dealkylation sites (tertiary alicyclic amines) is 2. The number of benzene rings is 1. The number of piperidine rings is 1. The minimum Gasteiger partial charge on any atom is -0.348 e. The Kier molecular flexibility index (Phi) is 9.68. The Labute approximate surface area is 328 Å². The molecule has 290 valence electrons. The molecule has 10 nitrogen and oxygen atoms in total. The molecule has 2 aliphatic heterocycles. The van der Waals surface area contributed by atoms with Gasteiger partial charge < -0.3 is 15.2 Å². The number of carbonyl (C=O) groups excluding carboxylic acids is 2. The molecule has 2 saturated heterocycles. The second kappa shape index (κ2) is 14.5. The quantitative estimate of drug-likeness (QED) is 0.163. The molecule has 5 heterocycles. The normalized spacial score (nSPS) is 25.5. The molecular weight excluding hydrogens is 707 g/mol. The largest absolute Gasteiger partial charge is 0.348 e. The lowest BCUT2D eigenvalue weighted by molar-refractivity contribution is -0.147. The van der Waals surface area contributed by atoms with E-state index in [0.717, 1.165) is 102 Å². The molecule has 4 aliphatic carbocycles. The highest BCUT2D eigenvalue weighted by atomic mass is 32.2. The van der Waals surface area contributed by atoms with Gasteiger partial charge in [0.15, 0.2) is 0 Å². The number of hydrogen-bond acceptors (Lipinski definition) is 7. The van der Waals surface area contributed by atoms with E-state index in [9.17, 15) is 14.4 Å². The fourth-order valence-corrected chi connectivity index (χ4v) is 12.1. The molecule has 6 fully saturated rings. The first-order valence-electron chi connectivity index (χ1n) is 20.6. The van der Waals surface area contributed by atoms with Gasteiger partial charge in [-0.25, -0.2) is 0 Å². The van der Waals surface area contributed by atoms with Crippen molar-refractivity contribution in [2.75, 3.05) is 32.4 Å². The van der Waals surface area contributed by atoms with Crippen molar-refractivity contribution < 1.29 is 9.59 Å². The Morgan fingerprint density at radius 1 is 0.982 bits per heavy atom. The second-order valence-electron chi connectivity index (χ2n) is 18.0. The molecule has 10 rings (SSSR count). The number of aromatic amines is 1. The molecular formula is C44H55N7O3S. The Morgan fingerprint density at radius 3 is 2.33 bits per heavy atom. The SMILES string of the molecule is CSc1cc(C)[nH]c(=O)c1CNC(=O)c1cc(-c2ccc(C3CCN(C4CN(C(=O)CC56CC7CC(CC(C7)C5)C6)C4)CC3)nc2)cc2c1cnn2C(C)C. The molecule has 0 atom stereocenters. The zero-order valence-electron chi connectivity index (χ0n) is 32.8. The van der Waals surface area contributed by atoms with Crippen LogP contribution in [0.1, 0.15) is 111 Å². The lowest BCUT2D eigenvalue weighted by Gasteiger charge is -2.57. The zero-order valence-corrected chi connectivity index (χ0v) is 33.6. The number of nitrogens with one attached hydrogen (secondary N) is 2. The summed E-state index contributed by atoms with van der Waals surface area (Å²) in [6.45, 7) is 10.0. The average molecular weight is 762 g/mol. The first-order valence-corrected chi connectivity index (χ1v) is 21.8. The van der Waals surface area contributed by atoms with Crippen LogP contribution in [0.5, 0.6) is 0 Å². The van der Waals surface area contributed by atoms with Crippen molar-refractivity contribution in [3.8, 4) is 11.1 Å². The van der Waals surface area contributed by atoms with Crippen LogP contribution in [-0.4, -0.2) is 79.8 Å². The van der Waals surface area contributed by atoms with E-state index in [1.165, 1.54) is 50.3 Å². The topological polar surface area (TPSA) is 116 Å². The van der Waals surface area contributed by atoms with Crippen LogP contribution in [0.2, 0.25) is 0 Å². The van der Waals surface area contributed by atoms with Crippen LogP contribution >= 0.6 is 11.8 Å². The molecule has 0 unspecified atom stereocenters. The highest BCUT2D eigenvalue weighted by Gasteiger charge is 2.52. The lowest BCUT2D eigenvalue weighted by Crippen LogP contribution is -2.62. The van der Waals surface area contributed by atoms with Crippen LogP contribution in [0, 0.1) is 30.1 Å². The summed E-state index contributed by atoms with van der Waals surface area (Å²) in [5, 5.41) is 8.43. The maximum absolute atomic E-state index is 13.8. The molecule has 2 N–H and O–H groups in total. The molecule has 4 bridgehead atoms. The third-order valence-corrected chi connectivity index (χ3v) is 14.6. The number of fused-ring (bicyclic) bond motifs is 1. The molecule has 4 saturated carbocycles. The average Bonchev–Trinajstić information content (AvgIpc) is 3.57. The molecule has 3 aromatic heterocycles. The van der Waals surface area contributed by atoms with Gasteiger partial charge in [-0.15, -0.1) is 11.8 Å². The molecule has 0 radical (unpaired) electrons. The van der Waals surface area contributed by atoms with Gasteiger partial charge in [-0.3, -0.25) is 28.9 Å². The van der Waals surface area contributed by atoms with Crippen LogP contribution in [0.25, 0.3) is 22.0 Å². The van der Waals surface area contributed by atoms with E-state index in [4.69, 9.17) is 4.98 Å². The molecule has 2 amide bonds. The molecule has 1 aromatic carbocycles. The van der Waals surface area contributed by atoms with Gasteiger partial charge in [-0.2, -0.15) is 5.10 Å². The van der Waals surface area contributed by atoms with Crippen LogP contribution in [-0.2, 0) is 11.3 Å².